The van der Waals surface area contributed by atoms with Crippen LogP contribution in [0.4, 0.5) is 0 Å². The lowest BCUT2D eigenvalue weighted by Crippen LogP contribution is -2.60. The normalized spacial score (nSPS) is 26.2. The summed E-state index contributed by atoms with van der Waals surface area (Å²) in [6.45, 7) is 8.90. The van der Waals surface area contributed by atoms with E-state index in [4.69, 9.17) is 7.90 Å². The van der Waals surface area contributed by atoms with Crippen molar-refractivity contribution in [2.45, 2.75) is 57.7 Å². The Balaban J connectivity index is 2.85. The van der Waals surface area contributed by atoms with Crippen LogP contribution in [0, 0.1) is 0 Å². The van der Waals surface area contributed by atoms with E-state index >= 15 is 0 Å². The van der Waals surface area contributed by atoms with Gasteiger partial charge < -0.3 is 4.74 Å². The molecule has 4 nitrogen and oxygen atoms in total. The number of ether oxygens (including phenoxy) is 1. The quantitative estimate of drug-likeness (QED) is 0.590. The van der Waals surface area contributed by atoms with Crippen molar-refractivity contribution in [3.8, 4) is 0 Å². The van der Waals surface area contributed by atoms with Gasteiger partial charge in [0.25, 0.3) is 6.47 Å². The number of nitrogens with zero attached hydrogens (tertiary/aromatic N) is 1. The molecule has 1 rings (SSSR count). The molecule has 0 N–H and O–H groups in total. The maximum atomic E-state index is 10.4. The van der Waals surface area contributed by atoms with Gasteiger partial charge in [0, 0.05) is 23.9 Å². The number of hydrogen-bond donors (Lipinski definition) is 0. The number of hydrogen-bond acceptors (Lipinski definition) is 4. The van der Waals surface area contributed by atoms with Crippen LogP contribution in [-0.2, 0) is 12.7 Å². The summed E-state index contributed by atoms with van der Waals surface area (Å²) in [4.78, 5) is 10.4. The third kappa shape index (κ3) is 2.82. The first-order valence-electron chi connectivity index (χ1n) is 5.01. The predicted octanol–water partition coefficient (Wildman–Crippen LogP) is 2.46. The first-order chi connectivity index (χ1) is 6.83. The Labute approximate surface area is 105 Å². The minimum Gasteiger partial charge on any atom is -0.464 e. The molecule has 1 fully saturated rings. The highest BCUT2D eigenvalue weighted by atomic mass is 127. The fourth-order valence-electron chi connectivity index (χ4n) is 2.53. The van der Waals surface area contributed by atoms with E-state index in [1.54, 1.807) is 0 Å². The number of piperidine rings is 1. The number of carbonyl (C=O) groups is 1. The molecule has 1 aliphatic heterocycles. The number of halogens is 1. The van der Waals surface area contributed by atoms with Crippen molar-refractivity contribution < 1.29 is 12.7 Å². The molecule has 0 radical (unpaired) electrons. The standard InChI is InChI=1S/C10H18INO3/c1-9(2)5-8(14-7-13)6-10(3,4)12(9)15-11/h7-8H,5-6H2,1-4H3. The van der Waals surface area contributed by atoms with Crippen LogP contribution in [0.2, 0.25) is 0 Å². The van der Waals surface area contributed by atoms with Crippen molar-refractivity contribution in [2.75, 3.05) is 0 Å². The van der Waals surface area contributed by atoms with Gasteiger partial charge in [-0.05, 0) is 27.7 Å². The molecular weight excluding hydrogens is 309 g/mol. The highest BCUT2D eigenvalue weighted by Gasteiger charge is 2.47. The summed E-state index contributed by atoms with van der Waals surface area (Å²) in [5, 5.41) is 1.98. The van der Waals surface area contributed by atoms with Crippen LogP contribution in [0.1, 0.15) is 40.5 Å². The molecule has 0 saturated carbocycles. The minimum atomic E-state index is -0.128. The third-order valence-electron chi connectivity index (χ3n) is 2.87. The van der Waals surface area contributed by atoms with Gasteiger partial charge >= 0.3 is 0 Å². The topological polar surface area (TPSA) is 38.8 Å². The summed E-state index contributed by atoms with van der Waals surface area (Å²) in [7, 11) is 0. The van der Waals surface area contributed by atoms with Gasteiger partial charge in [-0.25, -0.2) is 3.17 Å². The lowest BCUT2D eigenvalue weighted by Gasteiger charge is -2.51. The van der Waals surface area contributed by atoms with E-state index in [0.717, 1.165) is 12.8 Å². The third-order valence-corrected chi connectivity index (χ3v) is 3.26. The van der Waals surface area contributed by atoms with Crippen molar-refractivity contribution in [1.29, 1.82) is 0 Å². The zero-order valence-corrected chi connectivity index (χ0v) is 11.8. The van der Waals surface area contributed by atoms with Gasteiger partial charge in [-0.15, -0.1) is 0 Å². The summed E-state index contributed by atoms with van der Waals surface area (Å²) in [5.41, 5.74) is -0.257. The first-order valence-corrected chi connectivity index (χ1v) is 5.90. The predicted molar refractivity (Wildman–Crippen MR) is 65.3 cm³/mol. The highest BCUT2D eigenvalue weighted by molar-refractivity contribution is 14.1. The van der Waals surface area contributed by atoms with Gasteiger partial charge in [-0.1, -0.05) is 0 Å². The first kappa shape index (κ1) is 13.2. The molecule has 1 aliphatic rings. The zero-order chi connectivity index (χ0) is 11.7. The monoisotopic (exact) mass is 327 g/mol. The molecule has 88 valence electrons. The Hall–Kier alpha value is 0.120. The van der Waals surface area contributed by atoms with Gasteiger partial charge in [0.05, 0.1) is 0 Å². The number of carbonyl (C=O) groups excluding carboxylic acids is 1. The van der Waals surface area contributed by atoms with Crippen LogP contribution >= 0.6 is 23.0 Å². The fourth-order valence-corrected chi connectivity index (χ4v) is 3.60. The Morgan fingerprint density at radius 1 is 1.27 bits per heavy atom. The zero-order valence-electron chi connectivity index (χ0n) is 9.62. The second-order valence-electron chi connectivity index (χ2n) is 5.25. The maximum absolute atomic E-state index is 10.4. The molecule has 1 heterocycles. The van der Waals surface area contributed by atoms with E-state index in [2.05, 4.69) is 27.7 Å². The molecule has 0 aromatic rings. The Morgan fingerprint density at radius 2 is 1.73 bits per heavy atom. The molecule has 0 amide bonds. The van der Waals surface area contributed by atoms with Gasteiger partial charge in [0.2, 0.25) is 0 Å². The lowest BCUT2D eigenvalue weighted by molar-refractivity contribution is -0.214. The highest BCUT2D eigenvalue weighted by Crippen LogP contribution is 2.40. The Bertz CT molecular complexity index is 225. The van der Waals surface area contributed by atoms with Crippen LogP contribution in [0.25, 0.3) is 0 Å². The molecule has 5 heteroatoms. The molecule has 1 saturated heterocycles. The van der Waals surface area contributed by atoms with Gasteiger partial charge in [0.15, 0.2) is 0 Å². The smallest absolute Gasteiger partial charge is 0.293 e. The Kier molecular flexibility index (Phi) is 4.00. The fraction of sp³-hybridized carbons (Fsp3) is 0.900. The van der Waals surface area contributed by atoms with Crippen LogP contribution < -0.4 is 0 Å². The maximum Gasteiger partial charge on any atom is 0.293 e. The second kappa shape index (κ2) is 4.55. The summed E-state index contributed by atoms with van der Waals surface area (Å²) in [6.07, 6.45) is 1.56. The van der Waals surface area contributed by atoms with E-state index in [-0.39, 0.29) is 17.2 Å². The Morgan fingerprint density at radius 3 is 2.07 bits per heavy atom. The molecule has 0 unspecified atom stereocenters. The van der Waals surface area contributed by atoms with Crippen molar-refractivity contribution in [2.24, 2.45) is 0 Å². The van der Waals surface area contributed by atoms with Crippen LogP contribution in [0.3, 0.4) is 0 Å². The van der Waals surface area contributed by atoms with E-state index in [1.807, 2.05) is 28.1 Å². The lowest BCUT2D eigenvalue weighted by atomic mass is 9.80. The molecule has 0 aromatic heterocycles. The van der Waals surface area contributed by atoms with E-state index in [0.29, 0.717) is 6.47 Å². The molecule has 0 aromatic carbocycles. The van der Waals surface area contributed by atoms with E-state index in [1.165, 1.54) is 0 Å². The molecular formula is C10H18INO3. The van der Waals surface area contributed by atoms with E-state index in [9.17, 15) is 4.79 Å². The summed E-state index contributed by atoms with van der Waals surface area (Å²) >= 11 is 1.90. The van der Waals surface area contributed by atoms with Crippen LogP contribution in [-0.4, -0.2) is 28.7 Å². The van der Waals surface area contributed by atoms with Gasteiger partial charge in [0.1, 0.15) is 29.1 Å². The van der Waals surface area contributed by atoms with Crippen molar-refractivity contribution in [3.63, 3.8) is 0 Å². The SMILES string of the molecule is CC1(C)CC(OC=O)CC(C)(C)N1OI. The summed E-state index contributed by atoms with van der Waals surface area (Å²) in [6, 6.07) is 0. The number of hydroxylamine groups is 2. The molecule has 0 atom stereocenters. The molecule has 0 spiro atoms. The average Bonchev–Trinajstić information content (AvgIpc) is 2.00. The van der Waals surface area contributed by atoms with Crippen LogP contribution in [0.15, 0.2) is 0 Å². The molecule has 15 heavy (non-hydrogen) atoms. The van der Waals surface area contributed by atoms with Crippen LogP contribution in [0.5, 0.6) is 0 Å². The summed E-state index contributed by atoms with van der Waals surface area (Å²) < 4.78 is 10.5. The average molecular weight is 327 g/mol. The van der Waals surface area contributed by atoms with Crippen molar-refractivity contribution in [3.05, 3.63) is 0 Å². The van der Waals surface area contributed by atoms with Crippen molar-refractivity contribution in [1.82, 2.24) is 5.06 Å². The second-order valence-corrected chi connectivity index (χ2v) is 5.64. The van der Waals surface area contributed by atoms with Gasteiger partial charge in [-0.2, -0.15) is 5.06 Å². The summed E-state index contributed by atoms with van der Waals surface area (Å²) in [5.74, 6) is 0. The van der Waals surface area contributed by atoms with Gasteiger partial charge in [-0.3, -0.25) is 4.79 Å². The molecule has 0 bridgehead atoms. The van der Waals surface area contributed by atoms with Crippen molar-refractivity contribution >= 4 is 29.5 Å². The minimum absolute atomic E-state index is 0.0182. The molecule has 0 aliphatic carbocycles. The number of rotatable bonds is 3. The van der Waals surface area contributed by atoms with E-state index < -0.39 is 0 Å². The largest absolute Gasteiger partial charge is 0.464 e.